The van der Waals surface area contributed by atoms with Crippen LogP contribution in [0.5, 0.6) is 11.5 Å². The summed E-state index contributed by atoms with van der Waals surface area (Å²) in [5.74, 6) is 0.0280. The van der Waals surface area contributed by atoms with E-state index in [1.807, 2.05) is 41.8 Å². The first-order valence-corrected chi connectivity index (χ1v) is 17.5. The van der Waals surface area contributed by atoms with Crippen molar-refractivity contribution in [2.75, 3.05) is 20.3 Å². The lowest BCUT2D eigenvalue weighted by molar-refractivity contribution is -0.385. The highest BCUT2D eigenvalue weighted by atomic mass is 32.1. The summed E-state index contributed by atoms with van der Waals surface area (Å²) in [4.78, 5) is 27.4. The second-order valence-electron chi connectivity index (χ2n) is 11.7. The lowest BCUT2D eigenvalue weighted by Crippen LogP contribution is -2.49. The van der Waals surface area contributed by atoms with Crippen molar-refractivity contribution in [1.82, 2.24) is 4.90 Å². The molecule has 0 saturated heterocycles. The molecule has 0 radical (unpaired) electrons. The van der Waals surface area contributed by atoms with Crippen LogP contribution >= 0.6 is 11.3 Å². The summed E-state index contributed by atoms with van der Waals surface area (Å²) >= 11 is 1.63. The first-order valence-electron chi connectivity index (χ1n) is 13.6. The number of carbonyl (C=O) groups is 1. The fraction of sp³-hybridized carbons (Fsp3) is 0.387. The Morgan fingerprint density at radius 1 is 1.15 bits per heavy atom. The number of methoxy groups -OCH3 is 1. The molecule has 2 aromatic carbocycles. The third-order valence-electron chi connectivity index (χ3n) is 7.97. The van der Waals surface area contributed by atoms with Crippen molar-refractivity contribution in [2.24, 2.45) is 0 Å². The van der Waals surface area contributed by atoms with Gasteiger partial charge in [-0.15, -0.1) is 0 Å². The van der Waals surface area contributed by atoms with Gasteiger partial charge in [-0.05, 0) is 58.1 Å². The molecule has 0 spiro atoms. The molecule has 10 heteroatoms. The molecule has 1 atom stereocenters. The largest absolute Gasteiger partial charge is 0.493 e. The number of carbonyl (C=O) groups excluding carboxylic acids is 1. The van der Waals surface area contributed by atoms with Crippen LogP contribution in [0.3, 0.4) is 0 Å². The van der Waals surface area contributed by atoms with Crippen LogP contribution in [-0.4, -0.2) is 50.4 Å². The van der Waals surface area contributed by atoms with Crippen LogP contribution in [0, 0.1) is 10.1 Å². The van der Waals surface area contributed by atoms with Gasteiger partial charge in [-0.25, -0.2) is 0 Å². The first-order chi connectivity index (χ1) is 19.4. The molecule has 1 aliphatic heterocycles. The van der Waals surface area contributed by atoms with Gasteiger partial charge in [-0.3, -0.25) is 14.9 Å². The average Bonchev–Trinajstić information content (AvgIpc) is 3.49. The minimum atomic E-state index is -2.11. The van der Waals surface area contributed by atoms with E-state index in [9.17, 15) is 14.9 Å². The zero-order valence-electron chi connectivity index (χ0n) is 24.5. The number of hydrogen-bond acceptors (Lipinski definition) is 7. The Balaban J connectivity index is 1.66. The van der Waals surface area contributed by atoms with Crippen molar-refractivity contribution in [2.45, 2.75) is 58.0 Å². The Kier molecular flexibility index (Phi) is 9.36. The Hall–Kier alpha value is -3.47. The molecule has 2 heterocycles. The summed E-state index contributed by atoms with van der Waals surface area (Å²) in [6, 6.07) is 14.0. The molecule has 0 saturated carbocycles. The second kappa shape index (κ2) is 12.6. The van der Waals surface area contributed by atoms with E-state index in [1.165, 1.54) is 19.2 Å². The van der Waals surface area contributed by atoms with Crippen LogP contribution in [0.4, 0.5) is 5.69 Å². The standard InChI is InChI=1S/C31H38N2O6SSi/c1-31(2,3)41(5,6)39-20-25-16-23(24-13-15-40-21-24)12-14-32(25)30(34)26-17-28(37-4)29(18-27(26)33(35)36)38-19-22-10-8-7-9-11-22/h7-13,15,17-18,21,25H,14,16,19-20H2,1-6H3/t25-/m0/s1. The third-order valence-corrected chi connectivity index (χ3v) is 13.2. The molecule has 218 valence electrons. The topological polar surface area (TPSA) is 91.1 Å². The minimum absolute atomic E-state index is 0.00423. The summed E-state index contributed by atoms with van der Waals surface area (Å²) in [5, 5.41) is 16.3. The van der Waals surface area contributed by atoms with Crippen molar-refractivity contribution in [3.8, 4) is 11.5 Å². The summed E-state index contributed by atoms with van der Waals surface area (Å²) in [6.07, 6.45) is 2.63. The molecule has 1 amide bonds. The van der Waals surface area contributed by atoms with E-state index in [4.69, 9.17) is 13.9 Å². The van der Waals surface area contributed by atoms with Crippen LogP contribution < -0.4 is 9.47 Å². The molecule has 0 aliphatic carbocycles. The Labute approximate surface area is 246 Å². The maximum absolute atomic E-state index is 14.1. The quantitative estimate of drug-likeness (QED) is 0.137. The third kappa shape index (κ3) is 7.06. The second-order valence-corrected chi connectivity index (χ2v) is 17.3. The number of benzene rings is 2. The van der Waals surface area contributed by atoms with E-state index in [1.54, 1.807) is 16.2 Å². The summed E-state index contributed by atoms with van der Waals surface area (Å²) in [5.41, 5.74) is 2.82. The van der Waals surface area contributed by atoms with Crippen molar-refractivity contribution in [1.29, 1.82) is 0 Å². The van der Waals surface area contributed by atoms with Gasteiger partial charge in [0.1, 0.15) is 12.2 Å². The monoisotopic (exact) mass is 594 g/mol. The van der Waals surface area contributed by atoms with Gasteiger partial charge in [0.2, 0.25) is 0 Å². The summed E-state index contributed by atoms with van der Waals surface area (Å²) in [7, 11) is -0.653. The molecule has 0 bridgehead atoms. The van der Waals surface area contributed by atoms with Gasteiger partial charge in [-0.1, -0.05) is 57.2 Å². The molecule has 8 nitrogen and oxygen atoms in total. The summed E-state index contributed by atoms with van der Waals surface area (Å²) in [6.45, 7) is 11.8. The van der Waals surface area contributed by atoms with Gasteiger partial charge in [0, 0.05) is 12.6 Å². The molecule has 0 unspecified atom stereocenters. The zero-order valence-corrected chi connectivity index (χ0v) is 26.3. The van der Waals surface area contributed by atoms with Crippen molar-refractivity contribution >= 4 is 36.8 Å². The van der Waals surface area contributed by atoms with E-state index in [0.29, 0.717) is 19.6 Å². The minimum Gasteiger partial charge on any atom is -0.493 e. The van der Waals surface area contributed by atoms with Crippen molar-refractivity contribution in [3.63, 3.8) is 0 Å². The van der Waals surface area contributed by atoms with E-state index >= 15 is 0 Å². The Bertz CT molecular complexity index is 1400. The fourth-order valence-corrected chi connectivity index (χ4v) is 6.16. The lowest BCUT2D eigenvalue weighted by atomic mass is 9.95. The number of ether oxygens (including phenoxy) is 2. The van der Waals surface area contributed by atoms with Crippen LogP contribution in [0.1, 0.15) is 48.7 Å². The van der Waals surface area contributed by atoms with E-state index in [0.717, 1.165) is 16.7 Å². The number of hydrogen-bond donors (Lipinski definition) is 0. The number of nitro groups is 1. The predicted molar refractivity (Wildman–Crippen MR) is 165 cm³/mol. The molecule has 1 aliphatic rings. The predicted octanol–water partition coefficient (Wildman–Crippen LogP) is 7.56. The molecule has 0 N–H and O–H groups in total. The van der Waals surface area contributed by atoms with E-state index < -0.39 is 19.1 Å². The smallest absolute Gasteiger partial charge is 0.286 e. The maximum atomic E-state index is 14.1. The normalized spacial score (nSPS) is 15.8. The molecule has 1 aromatic heterocycles. The Morgan fingerprint density at radius 2 is 1.88 bits per heavy atom. The Morgan fingerprint density at radius 3 is 2.49 bits per heavy atom. The first kappa shape index (κ1) is 30.5. The van der Waals surface area contributed by atoms with Crippen molar-refractivity contribution < 1.29 is 23.6 Å². The summed E-state index contributed by atoms with van der Waals surface area (Å²) < 4.78 is 18.0. The highest BCUT2D eigenvalue weighted by Crippen LogP contribution is 2.39. The number of amides is 1. The number of nitro benzene ring substituents is 1. The zero-order chi connectivity index (χ0) is 29.8. The molecule has 41 heavy (non-hydrogen) atoms. The fourth-order valence-electron chi connectivity index (χ4n) is 4.44. The van der Waals surface area contributed by atoms with Gasteiger partial charge in [0.05, 0.1) is 30.7 Å². The van der Waals surface area contributed by atoms with Crippen LogP contribution in [0.25, 0.3) is 5.57 Å². The molecular weight excluding hydrogens is 557 g/mol. The number of nitrogens with zero attached hydrogens (tertiary/aromatic N) is 2. The highest BCUT2D eigenvalue weighted by Gasteiger charge is 2.40. The molecule has 4 rings (SSSR count). The van der Waals surface area contributed by atoms with Gasteiger partial charge in [0.25, 0.3) is 11.6 Å². The van der Waals surface area contributed by atoms with Gasteiger partial charge < -0.3 is 18.8 Å². The highest BCUT2D eigenvalue weighted by molar-refractivity contribution is 7.08. The van der Waals surface area contributed by atoms with Gasteiger partial charge in [-0.2, -0.15) is 11.3 Å². The van der Waals surface area contributed by atoms with Gasteiger partial charge >= 0.3 is 0 Å². The SMILES string of the molecule is COc1cc(C(=O)N2CC=C(c3ccsc3)C[C@H]2CO[Si](C)(C)C(C)(C)C)c([N+](=O)[O-])cc1OCc1ccccc1. The van der Waals surface area contributed by atoms with E-state index in [2.05, 4.69) is 45.3 Å². The molecule has 0 fully saturated rings. The van der Waals surface area contributed by atoms with Crippen LogP contribution in [0.15, 0.2) is 65.4 Å². The molecular formula is C31H38N2O6SSi. The number of thiophene rings is 1. The average molecular weight is 595 g/mol. The maximum Gasteiger partial charge on any atom is 0.286 e. The van der Waals surface area contributed by atoms with Crippen LogP contribution in [0.2, 0.25) is 18.1 Å². The van der Waals surface area contributed by atoms with Crippen molar-refractivity contribution in [3.05, 3.63) is 92.2 Å². The van der Waals surface area contributed by atoms with Crippen LogP contribution in [-0.2, 0) is 11.0 Å². The van der Waals surface area contributed by atoms with E-state index in [-0.39, 0.29) is 40.4 Å². The number of rotatable bonds is 10. The molecule has 3 aromatic rings. The van der Waals surface area contributed by atoms with Gasteiger partial charge in [0.15, 0.2) is 19.8 Å². The lowest BCUT2D eigenvalue weighted by Gasteiger charge is -2.40.